The molecule has 1 aromatic heterocycles. The normalized spacial score (nSPS) is 17.6. The first-order valence-corrected chi connectivity index (χ1v) is 7.85. The van der Waals surface area contributed by atoms with Crippen LogP contribution >= 0.6 is 23.2 Å². The number of aromatic nitrogens is 2. The molecule has 1 saturated carbocycles. The second-order valence-corrected chi connectivity index (χ2v) is 6.16. The van der Waals surface area contributed by atoms with Crippen LogP contribution in [0.4, 0.5) is 0 Å². The fraction of sp³-hybridized carbons (Fsp3) is 0.533. The highest BCUT2D eigenvalue weighted by Crippen LogP contribution is 2.39. The van der Waals surface area contributed by atoms with Crippen molar-refractivity contribution in [3.63, 3.8) is 0 Å². The molecule has 1 fully saturated rings. The first-order chi connectivity index (χ1) is 9.22. The van der Waals surface area contributed by atoms with Crippen molar-refractivity contribution >= 4 is 34.2 Å². The Hall–Kier alpha value is -0.730. The maximum Gasteiger partial charge on any atom is 0.111 e. The number of aryl methyl sites for hydroxylation is 1. The minimum Gasteiger partial charge on any atom is -0.325 e. The Balaban J connectivity index is 2.13. The topological polar surface area (TPSA) is 17.8 Å². The number of fused-ring (bicyclic) bond motifs is 1. The quantitative estimate of drug-likeness (QED) is 0.739. The lowest BCUT2D eigenvalue weighted by Crippen LogP contribution is -2.24. The van der Waals surface area contributed by atoms with E-state index in [1.54, 1.807) is 0 Å². The summed E-state index contributed by atoms with van der Waals surface area (Å²) in [6.07, 6.45) is 4.79. The highest BCUT2D eigenvalue weighted by atomic mass is 35.5. The van der Waals surface area contributed by atoms with Gasteiger partial charge in [-0.25, -0.2) is 4.98 Å². The van der Waals surface area contributed by atoms with E-state index in [4.69, 9.17) is 28.2 Å². The zero-order chi connectivity index (χ0) is 13.4. The number of rotatable bonds is 4. The van der Waals surface area contributed by atoms with Crippen LogP contribution in [0.5, 0.6) is 0 Å². The summed E-state index contributed by atoms with van der Waals surface area (Å²) in [7, 11) is 0. The molecular formula is C15H18Cl2N2. The predicted octanol–water partition coefficient (Wildman–Crippen LogP) is 4.83. The van der Waals surface area contributed by atoms with Crippen LogP contribution in [0, 0.1) is 5.92 Å². The van der Waals surface area contributed by atoms with Crippen LogP contribution in [0.2, 0.25) is 5.02 Å². The van der Waals surface area contributed by atoms with Gasteiger partial charge in [0.15, 0.2) is 0 Å². The van der Waals surface area contributed by atoms with Gasteiger partial charge in [-0.05, 0) is 37.8 Å². The lowest BCUT2D eigenvalue weighted by atomic mass is 9.80. The van der Waals surface area contributed by atoms with Crippen LogP contribution in [0.15, 0.2) is 18.2 Å². The van der Waals surface area contributed by atoms with Gasteiger partial charge >= 0.3 is 0 Å². The Kier molecular flexibility index (Phi) is 3.72. The summed E-state index contributed by atoms with van der Waals surface area (Å²) in [6.45, 7) is 2.30. The van der Waals surface area contributed by atoms with Gasteiger partial charge in [0.1, 0.15) is 11.3 Å². The maximum absolute atomic E-state index is 6.27. The SMILES string of the molecule is CC(C1CCC1)n1c(CCCl)nc2c(Cl)cccc21. The molecule has 1 aliphatic carbocycles. The highest BCUT2D eigenvalue weighted by Gasteiger charge is 2.28. The third kappa shape index (κ3) is 2.25. The fourth-order valence-electron chi connectivity index (χ4n) is 2.98. The van der Waals surface area contributed by atoms with E-state index in [0.717, 1.165) is 34.2 Å². The Morgan fingerprint density at radius 3 is 2.84 bits per heavy atom. The van der Waals surface area contributed by atoms with E-state index in [-0.39, 0.29) is 0 Å². The van der Waals surface area contributed by atoms with Gasteiger partial charge in [-0.1, -0.05) is 24.1 Å². The van der Waals surface area contributed by atoms with Gasteiger partial charge in [0.05, 0.1) is 10.5 Å². The number of halogens is 2. The van der Waals surface area contributed by atoms with Crippen molar-refractivity contribution in [3.8, 4) is 0 Å². The average Bonchev–Trinajstić information content (AvgIpc) is 2.67. The number of para-hydroxylation sites is 1. The lowest BCUT2D eigenvalue weighted by Gasteiger charge is -2.33. The standard InChI is InChI=1S/C15H18Cl2N2/c1-10(11-4-2-5-11)19-13-7-3-6-12(17)15(13)18-14(19)8-9-16/h3,6-7,10-11H,2,4-5,8-9H2,1H3. The van der Waals surface area contributed by atoms with E-state index in [9.17, 15) is 0 Å². The van der Waals surface area contributed by atoms with Crippen molar-refractivity contribution in [3.05, 3.63) is 29.0 Å². The highest BCUT2D eigenvalue weighted by molar-refractivity contribution is 6.34. The summed E-state index contributed by atoms with van der Waals surface area (Å²) < 4.78 is 2.35. The molecule has 0 radical (unpaired) electrons. The molecule has 0 N–H and O–H groups in total. The van der Waals surface area contributed by atoms with Gasteiger partial charge in [-0.3, -0.25) is 0 Å². The van der Waals surface area contributed by atoms with Gasteiger partial charge in [0.25, 0.3) is 0 Å². The molecular weight excluding hydrogens is 279 g/mol. The minimum atomic E-state index is 0.482. The van der Waals surface area contributed by atoms with E-state index in [1.165, 1.54) is 19.3 Å². The largest absolute Gasteiger partial charge is 0.325 e. The van der Waals surface area contributed by atoms with Crippen molar-refractivity contribution in [2.24, 2.45) is 5.92 Å². The van der Waals surface area contributed by atoms with Crippen molar-refractivity contribution < 1.29 is 0 Å². The molecule has 102 valence electrons. The lowest BCUT2D eigenvalue weighted by molar-refractivity contribution is 0.223. The fourth-order valence-corrected chi connectivity index (χ4v) is 3.36. The van der Waals surface area contributed by atoms with E-state index < -0.39 is 0 Å². The first-order valence-electron chi connectivity index (χ1n) is 6.93. The number of nitrogens with zero attached hydrogens (tertiary/aromatic N) is 2. The zero-order valence-electron chi connectivity index (χ0n) is 11.1. The summed E-state index contributed by atoms with van der Waals surface area (Å²) in [4.78, 5) is 4.71. The Morgan fingerprint density at radius 1 is 1.42 bits per heavy atom. The van der Waals surface area contributed by atoms with Crippen molar-refractivity contribution in [1.29, 1.82) is 0 Å². The second-order valence-electron chi connectivity index (χ2n) is 5.38. The average molecular weight is 297 g/mol. The van der Waals surface area contributed by atoms with Gasteiger partial charge in [-0.2, -0.15) is 0 Å². The van der Waals surface area contributed by atoms with Crippen LogP contribution in [0.25, 0.3) is 11.0 Å². The maximum atomic E-state index is 6.27. The molecule has 1 unspecified atom stereocenters. The molecule has 0 aliphatic heterocycles. The van der Waals surface area contributed by atoms with Crippen molar-refractivity contribution in [2.45, 2.75) is 38.6 Å². The molecule has 2 nitrogen and oxygen atoms in total. The van der Waals surface area contributed by atoms with Gasteiger partial charge in [0.2, 0.25) is 0 Å². The molecule has 0 spiro atoms. The van der Waals surface area contributed by atoms with Crippen LogP contribution in [0.3, 0.4) is 0 Å². The van der Waals surface area contributed by atoms with Crippen molar-refractivity contribution in [2.75, 3.05) is 5.88 Å². The van der Waals surface area contributed by atoms with E-state index in [1.807, 2.05) is 12.1 Å². The number of hydrogen-bond acceptors (Lipinski definition) is 1. The van der Waals surface area contributed by atoms with E-state index >= 15 is 0 Å². The van der Waals surface area contributed by atoms with E-state index in [2.05, 4.69) is 17.6 Å². The molecule has 3 rings (SSSR count). The molecule has 1 heterocycles. The molecule has 1 aliphatic rings. The summed E-state index contributed by atoms with van der Waals surface area (Å²) >= 11 is 12.2. The molecule has 1 aromatic carbocycles. The Bertz CT molecular complexity index is 587. The van der Waals surface area contributed by atoms with Crippen LogP contribution < -0.4 is 0 Å². The number of imidazole rings is 1. The summed E-state index contributed by atoms with van der Waals surface area (Å²) in [5.41, 5.74) is 2.06. The molecule has 0 saturated heterocycles. The van der Waals surface area contributed by atoms with E-state index in [0.29, 0.717) is 11.9 Å². The summed E-state index contributed by atoms with van der Waals surface area (Å²) in [5, 5.41) is 0.730. The third-order valence-electron chi connectivity index (χ3n) is 4.30. The molecule has 0 amide bonds. The monoisotopic (exact) mass is 296 g/mol. The van der Waals surface area contributed by atoms with Crippen LogP contribution in [0.1, 0.15) is 38.1 Å². The molecule has 4 heteroatoms. The predicted molar refractivity (Wildman–Crippen MR) is 81.2 cm³/mol. The first kappa shape index (κ1) is 13.3. The number of hydrogen-bond donors (Lipinski definition) is 0. The minimum absolute atomic E-state index is 0.482. The van der Waals surface area contributed by atoms with Crippen molar-refractivity contribution in [1.82, 2.24) is 9.55 Å². The van der Waals surface area contributed by atoms with Gasteiger partial charge in [0, 0.05) is 18.3 Å². The summed E-state index contributed by atoms with van der Waals surface area (Å²) in [5.74, 6) is 2.43. The number of benzene rings is 1. The van der Waals surface area contributed by atoms with Gasteiger partial charge in [-0.15, -0.1) is 11.6 Å². The molecule has 2 aromatic rings. The summed E-state index contributed by atoms with van der Waals surface area (Å²) in [6, 6.07) is 6.50. The van der Waals surface area contributed by atoms with Crippen LogP contribution in [-0.4, -0.2) is 15.4 Å². The molecule has 19 heavy (non-hydrogen) atoms. The smallest absolute Gasteiger partial charge is 0.111 e. The number of alkyl halides is 1. The Morgan fingerprint density at radius 2 is 2.21 bits per heavy atom. The molecule has 1 atom stereocenters. The Labute approximate surface area is 123 Å². The van der Waals surface area contributed by atoms with Crippen LogP contribution in [-0.2, 0) is 6.42 Å². The second kappa shape index (κ2) is 5.34. The van der Waals surface area contributed by atoms with Gasteiger partial charge < -0.3 is 4.57 Å². The third-order valence-corrected chi connectivity index (χ3v) is 4.80. The molecule has 0 bridgehead atoms. The zero-order valence-corrected chi connectivity index (χ0v) is 12.6.